The predicted octanol–water partition coefficient (Wildman–Crippen LogP) is 3.94. The first-order valence-electron chi connectivity index (χ1n) is 6.56. The minimum atomic E-state index is -0.167. The molecular weight excluding hydrogens is 330 g/mol. The highest BCUT2D eigenvalue weighted by Crippen LogP contribution is 2.20. The Hall–Kier alpha value is -2.07. The molecule has 0 saturated carbocycles. The van der Waals surface area contributed by atoms with Crippen molar-refractivity contribution in [2.75, 3.05) is 6.54 Å². The summed E-state index contributed by atoms with van der Waals surface area (Å²) in [5.41, 5.74) is 1.56. The van der Waals surface area contributed by atoms with Gasteiger partial charge in [-0.1, -0.05) is 46.3 Å². The summed E-state index contributed by atoms with van der Waals surface area (Å²) in [4.78, 5) is 12.0. The van der Waals surface area contributed by atoms with Crippen LogP contribution in [0.1, 0.15) is 15.9 Å². The van der Waals surface area contributed by atoms with Crippen LogP contribution in [-0.4, -0.2) is 12.5 Å². The largest absolute Gasteiger partial charge is 0.488 e. The van der Waals surface area contributed by atoms with E-state index < -0.39 is 0 Å². The molecule has 0 radical (unpaired) electrons. The Morgan fingerprint density at radius 1 is 1.24 bits per heavy atom. The van der Waals surface area contributed by atoms with E-state index in [0.717, 1.165) is 10.0 Å². The Bertz CT molecular complexity index is 640. The Morgan fingerprint density at radius 3 is 2.81 bits per heavy atom. The quantitative estimate of drug-likeness (QED) is 0.805. The van der Waals surface area contributed by atoms with Crippen molar-refractivity contribution >= 4 is 21.8 Å². The van der Waals surface area contributed by atoms with Crippen LogP contribution in [-0.2, 0) is 6.61 Å². The molecule has 0 bridgehead atoms. The summed E-state index contributed by atoms with van der Waals surface area (Å²) in [5.74, 6) is 0.402. The van der Waals surface area contributed by atoms with Crippen molar-refractivity contribution in [1.82, 2.24) is 5.32 Å². The van der Waals surface area contributed by atoms with Crippen molar-refractivity contribution < 1.29 is 9.53 Å². The van der Waals surface area contributed by atoms with Crippen LogP contribution in [0.15, 0.2) is 65.7 Å². The zero-order valence-electron chi connectivity index (χ0n) is 11.5. The van der Waals surface area contributed by atoms with Gasteiger partial charge in [0, 0.05) is 11.0 Å². The molecule has 0 fully saturated rings. The van der Waals surface area contributed by atoms with Crippen molar-refractivity contribution in [3.8, 4) is 5.75 Å². The van der Waals surface area contributed by atoms with E-state index >= 15 is 0 Å². The highest BCUT2D eigenvalue weighted by molar-refractivity contribution is 9.10. The molecule has 0 aliphatic heterocycles. The normalized spacial score (nSPS) is 9.95. The number of para-hydroxylation sites is 1. The molecule has 0 unspecified atom stereocenters. The third kappa shape index (κ3) is 4.46. The van der Waals surface area contributed by atoms with Crippen LogP contribution in [0.2, 0.25) is 0 Å². The summed E-state index contributed by atoms with van der Waals surface area (Å²) in [6.07, 6.45) is 1.64. The maximum absolute atomic E-state index is 12.0. The summed E-state index contributed by atoms with van der Waals surface area (Å²) < 4.78 is 6.77. The van der Waals surface area contributed by atoms with E-state index in [0.29, 0.717) is 24.5 Å². The number of carbonyl (C=O) groups excluding carboxylic acids is 1. The summed E-state index contributed by atoms with van der Waals surface area (Å²) in [6, 6.07) is 15.1. The molecule has 4 heteroatoms. The maximum atomic E-state index is 12.0. The monoisotopic (exact) mass is 345 g/mol. The smallest absolute Gasteiger partial charge is 0.255 e. The van der Waals surface area contributed by atoms with Gasteiger partial charge in [-0.25, -0.2) is 0 Å². The van der Waals surface area contributed by atoms with E-state index in [1.807, 2.05) is 36.4 Å². The minimum Gasteiger partial charge on any atom is -0.488 e. The fraction of sp³-hybridized carbons (Fsp3) is 0.118. The second kappa shape index (κ2) is 7.64. The molecule has 0 aromatic heterocycles. The SMILES string of the molecule is C=CCNC(=O)c1ccccc1OCc1cccc(Br)c1. The molecule has 0 spiro atoms. The Kier molecular flexibility index (Phi) is 5.58. The molecule has 0 atom stereocenters. The van der Waals surface area contributed by atoms with Gasteiger partial charge in [-0.05, 0) is 29.8 Å². The van der Waals surface area contributed by atoms with Crippen molar-refractivity contribution in [2.24, 2.45) is 0 Å². The lowest BCUT2D eigenvalue weighted by Gasteiger charge is -2.11. The third-order valence-electron chi connectivity index (χ3n) is 2.82. The zero-order valence-corrected chi connectivity index (χ0v) is 13.1. The van der Waals surface area contributed by atoms with Gasteiger partial charge in [0.25, 0.3) is 5.91 Å². The fourth-order valence-electron chi connectivity index (χ4n) is 1.83. The highest BCUT2D eigenvalue weighted by atomic mass is 79.9. The van der Waals surface area contributed by atoms with Gasteiger partial charge < -0.3 is 10.1 Å². The lowest BCUT2D eigenvalue weighted by atomic mass is 10.2. The number of hydrogen-bond donors (Lipinski definition) is 1. The average molecular weight is 346 g/mol. The Balaban J connectivity index is 2.09. The molecule has 0 aliphatic rings. The number of halogens is 1. The van der Waals surface area contributed by atoms with Crippen molar-refractivity contribution in [3.63, 3.8) is 0 Å². The van der Waals surface area contributed by atoms with Crippen LogP contribution < -0.4 is 10.1 Å². The molecule has 2 rings (SSSR count). The van der Waals surface area contributed by atoms with Crippen LogP contribution in [0.5, 0.6) is 5.75 Å². The van der Waals surface area contributed by atoms with Crippen LogP contribution in [0.4, 0.5) is 0 Å². The van der Waals surface area contributed by atoms with Crippen LogP contribution >= 0.6 is 15.9 Å². The molecular formula is C17H16BrNO2. The Labute approximate surface area is 132 Å². The van der Waals surface area contributed by atoms with E-state index in [4.69, 9.17) is 4.74 Å². The first-order valence-corrected chi connectivity index (χ1v) is 7.35. The summed E-state index contributed by atoms with van der Waals surface area (Å²) >= 11 is 3.43. The zero-order chi connectivity index (χ0) is 15.1. The van der Waals surface area contributed by atoms with Crippen LogP contribution in [0.25, 0.3) is 0 Å². The van der Waals surface area contributed by atoms with E-state index in [-0.39, 0.29) is 5.91 Å². The van der Waals surface area contributed by atoms with Gasteiger partial charge in [-0.3, -0.25) is 4.79 Å². The first-order chi connectivity index (χ1) is 10.2. The first kappa shape index (κ1) is 15.3. The number of ether oxygens (including phenoxy) is 1. The molecule has 0 saturated heterocycles. The molecule has 3 nitrogen and oxygen atoms in total. The van der Waals surface area contributed by atoms with E-state index in [2.05, 4.69) is 27.8 Å². The maximum Gasteiger partial charge on any atom is 0.255 e. The van der Waals surface area contributed by atoms with Gasteiger partial charge in [0.15, 0.2) is 0 Å². The lowest BCUT2D eigenvalue weighted by molar-refractivity contribution is 0.0953. The average Bonchev–Trinajstić information content (AvgIpc) is 2.51. The molecule has 0 heterocycles. The summed E-state index contributed by atoms with van der Waals surface area (Å²) in [7, 11) is 0. The summed E-state index contributed by atoms with van der Waals surface area (Å²) in [5, 5.41) is 2.75. The Morgan fingerprint density at radius 2 is 2.05 bits per heavy atom. The van der Waals surface area contributed by atoms with E-state index in [1.54, 1.807) is 18.2 Å². The van der Waals surface area contributed by atoms with Crippen LogP contribution in [0.3, 0.4) is 0 Å². The fourth-order valence-corrected chi connectivity index (χ4v) is 2.27. The number of amides is 1. The second-order valence-corrected chi connectivity index (χ2v) is 5.33. The van der Waals surface area contributed by atoms with Gasteiger partial charge in [0.05, 0.1) is 5.56 Å². The molecule has 2 aromatic carbocycles. The number of hydrogen-bond acceptors (Lipinski definition) is 2. The van der Waals surface area contributed by atoms with Crippen LogP contribution in [0, 0.1) is 0 Å². The number of carbonyl (C=O) groups is 1. The predicted molar refractivity (Wildman–Crippen MR) is 87.4 cm³/mol. The van der Waals surface area contributed by atoms with Gasteiger partial charge in [-0.15, -0.1) is 6.58 Å². The van der Waals surface area contributed by atoms with E-state index in [9.17, 15) is 4.79 Å². The molecule has 1 N–H and O–H groups in total. The number of rotatable bonds is 6. The summed E-state index contributed by atoms with van der Waals surface area (Å²) in [6.45, 7) is 4.42. The van der Waals surface area contributed by atoms with Crippen molar-refractivity contribution in [1.29, 1.82) is 0 Å². The topological polar surface area (TPSA) is 38.3 Å². The molecule has 21 heavy (non-hydrogen) atoms. The van der Waals surface area contributed by atoms with E-state index in [1.165, 1.54) is 0 Å². The molecule has 108 valence electrons. The third-order valence-corrected chi connectivity index (χ3v) is 3.32. The van der Waals surface area contributed by atoms with Gasteiger partial charge in [0.1, 0.15) is 12.4 Å². The van der Waals surface area contributed by atoms with Gasteiger partial charge >= 0.3 is 0 Å². The number of nitrogens with one attached hydrogen (secondary N) is 1. The molecule has 1 amide bonds. The van der Waals surface area contributed by atoms with Gasteiger partial charge in [0.2, 0.25) is 0 Å². The molecule has 2 aromatic rings. The van der Waals surface area contributed by atoms with Crippen molar-refractivity contribution in [3.05, 3.63) is 76.8 Å². The van der Waals surface area contributed by atoms with Crippen molar-refractivity contribution in [2.45, 2.75) is 6.61 Å². The second-order valence-electron chi connectivity index (χ2n) is 4.41. The lowest BCUT2D eigenvalue weighted by Crippen LogP contribution is -2.23. The standard InChI is InChI=1S/C17H16BrNO2/c1-2-10-19-17(20)15-8-3-4-9-16(15)21-12-13-6-5-7-14(18)11-13/h2-9,11H,1,10,12H2,(H,19,20). The minimum absolute atomic E-state index is 0.167. The molecule has 0 aliphatic carbocycles. The highest BCUT2D eigenvalue weighted by Gasteiger charge is 2.11. The number of benzene rings is 2. The van der Waals surface area contributed by atoms with Gasteiger partial charge in [-0.2, -0.15) is 0 Å².